The maximum absolute atomic E-state index is 5.45. The largest absolute Gasteiger partial charge is 0.389 e. The third kappa shape index (κ3) is 3.77. The Morgan fingerprint density at radius 3 is 2.00 bits per heavy atom. The number of halogens is 1. The minimum atomic E-state index is 0.752. The first-order chi connectivity index (χ1) is 7.00. The summed E-state index contributed by atoms with van der Waals surface area (Å²) in [6, 6.07) is 1.85. The number of anilines is 2. The summed E-state index contributed by atoms with van der Waals surface area (Å²) in [7, 11) is 0. The number of nitrogen functional groups attached to an aromatic ring is 2. The first-order valence-corrected chi connectivity index (χ1v) is 6.40. The highest BCUT2D eigenvalue weighted by molar-refractivity contribution is 9.10. The van der Waals surface area contributed by atoms with E-state index in [4.69, 9.17) is 11.5 Å². The Kier molecular flexibility index (Phi) is 4.49. The van der Waals surface area contributed by atoms with Gasteiger partial charge in [-0.1, -0.05) is 0 Å². The van der Waals surface area contributed by atoms with Crippen molar-refractivity contribution in [2.24, 2.45) is 0 Å². The molecule has 0 saturated carbocycles. The SMILES string of the molecule is Cc1cc(N)sn1.Cc1nsc(N)c1Br. The van der Waals surface area contributed by atoms with Gasteiger partial charge < -0.3 is 11.5 Å². The lowest BCUT2D eigenvalue weighted by Crippen LogP contribution is -1.77. The molecule has 0 radical (unpaired) electrons. The van der Waals surface area contributed by atoms with E-state index in [1.54, 1.807) is 0 Å². The maximum atomic E-state index is 5.45. The van der Waals surface area contributed by atoms with Crippen molar-refractivity contribution in [2.75, 3.05) is 11.5 Å². The number of aromatic nitrogens is 2. The molecule has 0 fully saturated rings. The van der Waals surface area contributed by atoms with Crippen molar-refractivity contribution in [1.82, 2.24) is 8.75 Å². The molecule has 2 aromatic heterocycles. The Morgan fingerprint density at radius 1 is 1.20 bits per heavy atom. The molecule has 0 aliphatic carbocycles. The molecule has 0 aliphatic rings. The van der Waals surface area contributed by atoms with Gasteiger partial charge in [0.15, 0.2) is 0 Å². The molecular weight excluding hydrogens is 296 g/mol. The molecule has 0 unspecified atom stereocenters. The molecule has 4 nitrogen and oxygen atoms in total. The number of aryl methyl sites for hydroxylation is 2. The van der Waals surface area contributed by atoms with Gasteiger partial charge in [0, 0.05) is 0 Å². The molecule has 0 aromatic carbocycles. The zero-order valence-corrected chi connectivity index (χ0v) is 11.5. The van der Waals surface area contributed by atoms with Gasteiger partial charge in [-0.2, -0.15) is 8.75 Å². The number of nitrogens with zero attached hydrogens (tertiary/aromatic N) is 2. The van der Waals surface area contributed by atoms with Crippen LogP contribution < -0.4 is 11.5 Å². The van der Waals surface area contributed by atoms with Gasteiger partial charge in [-0.25, -0.2) is 0 Å². The van der Waals surface area contributed by atoms with E-state index in [2.05, 4.69) is 24.7 Å². The van der Waals surface area contributed by atoms with Crippen molar-refractivity contribution in [3.63, 3.8) is 0 Å². The van der Waals surface area contributed by atoms with Crippen LogP contribution in [-0.2, 0) is 0 Å². The van der Waals surface area contributed by atoms with Crippen molar-refractivity contribution in [3.05, 3.63) is 21.9 Å². The molecule has 4 N–H and O–H groups in total. The molecule has 15 heavy (non-hydrogen) atoms. The van der Waals surface area contributed by atoms with E-state index < -0.39 is 0 Å². The molecular formula is C8H11BrN4S2. The van der Waals surface area contributed by atoms with E-state index in [0.717, 1.165) is 25.9 Å². The second-order valence-electron chi connectivity index (χ2n) is 2.82. The summed E-state index contributed by atoms with van der Waals surface area (Å²) < 4.78 is 8.85. The van der Waals surface area contributed by atoms with E-state index in [1.807, 2.05) is 19.9 Å². The average Bonchev–Trinajstić information content (AvgIpc) is 2.68. The van der Waals surface area contributed by atoms with E-state index in [-0.39, 0.29) is 0 Å². The summed E-state index contributed by atoms with van der Waals surface area (Å²) in [5.41, 5.74) is 12.8. The predicted molar refractivity (Wildman–Crippen MR) is 70.2 cm³/mol. The van der Waals surface area contributed by atoms with Gasteiger partial charge in [0.1, 0.15) is 10.0 Å². The fourth-order valence-corrected chi connectivity index (χ4v) is 2.26. The van der Waals surface area contributed by atoms with E-state index in [0.29, 0.717) is 0 Å². The Balaban J connectivity index is 0.000000151. The Bertz CT molecular complexity index is 402. The minimum Gasteiger partial charge on any atom is -0.389 e. The number of hydrogen-bond acceptors (Lipinski definition) is 6. The van der Waals surface area contributed by atoms with Crippen LogP contribution in [0.2, 0.25) is 0 Å². The van der Waals surface area contributed by atoms with E-state index in [9.17, 15) is 0 Å². The third-order valence-corrected chi connectivity index (χ3v) is 4.20. The molecule has 2 heterocycles. The van der Waals surface area contributed by atoms with Crippen molar-refractivity contribution in [2.45, 2.75) is 13.8 Å². The molecule has 0 atom stereocenters. The Labute approximate surface area is 105 Å². The lowest BCUT2D eigenvalue weighted by molar-refractivity contribution is 1.32. The van der Waals surface area contributed by atoms with Crippen LogP contribution in [0, 0.1) is 13.8 Å². The van der Waals surface area contributed by atoms with Gasteiger partial charge >= 0.3 is 0 Å². The van der Waals surface area contributed by atoms with Crippen LogP contribution in [0.1, 0.15) is 11.4 Å². The first-order valence-electron chi connectivity index (χ1n) is 4.06. The summed E-state index contributed by atoms with van der Waals surface area (Å²) in [5.74, 6) is 0. The summed E-state index contributed by atoms with van der Waals surface area (Å²) in [5, 5.41) is 1.54. The van der Waals surface area contributed by atoms with Crippen LogP contribution in [0.15, 0.2) is 10.5 Å². The zero-order chi connectivity index (χ0) is 11.4. The second-order valence-corrected chi connectivity index (χ2v) is 5.25. The Morgan fingerprint density at radius 2 is 1.87 bits per heavy atom. The minimum absolute atomic E-state index is 0.752. The Hall–Kier alpha value is -0.660. The summed E-state index contributed by atoms with van der Waals surface area (Å²) in [6.07, 6.45) is 0. The van der Waals surface area contributed by atoms with E-state index in [1.165, 1.54) is 23.1 Å². The lowest BCUT2D eigenvalue weighted by atomic mass is 10.5. The molecule has 2 aromatic rings. The van der Waals surface area contributed by atoms with Crippen molar-refractivity contribution in [3.8, 4) is 0 Å². The van der Waals surface area contributed by atoms with Gasteiger partial charge in [-0.15, -0.1) is 0 Å². The summed E-state index contributed by atoms with van der Waals surface area (Å²) >= 11 is 5.92. The van der Waals surface area contributed by atoms with Crippen LogP contribution in [0.25, 0.3) is 0 Å². The second kappa shape index (κ2) is 5.43. The molecule has 82 valence electrons. The molecule has 0 bridgehead atoms. The fraction of sp³-hybridized carbons (Fsp3) is 0.250. The van der Waals surface area contributed by atoms with Crippen LogP contribution in [0.3, 0.4) is 0 Å². The quantitative estimate of drug-likeness (QED) is 0.784. The predicted octanol–water partition coefficient (Wildman–Crippen LogP) is 2.83. The summed E-state index contributed by atoms with van der Waals surface area (Å²) in [6.45, 7) is 3.84. The molecule has 7 heteroatoms. The highest BCUT2D eigenvalue weighted by atomic mass is 79.9. The van der Waals surface area contributed by atoms with Gasteiger partial charge in [0.2, 0.25) is 0 Å². The zero-order valence-electron chi connectivity index (χ0n) is 8.32. The standard InChI is InChI=1S/C4H5BrN2S.C4H6N2S/c1-2-3(5)4(6)8-7-2;1-3-2-4(5)7-6-3/h6H2,1H3;2H,5H2,1H3. The van der Waals surface area contributed by atoms with Crippen molar-refractivity contribution >= 4 is 49.0 Å². The van der Waals surface area contributed by atoms with Crippen molar-refractivity contribution < 1.29 is 0 Å². The average molecular weight is 307 g/mol. The molecule has 2 rings (SSSR count). The van der Waals surface area contributed by atoms with Crippen LogP contribution in [0.4, 0.5) is 10.0 Å². The highest BCUT2D eigenvalue weighted by Gasteiger charge is 2.00. The smallest absolute Gasteiger partial charge is 0.121 e. The topological polar surface area (TPSA) is 77.8 Å². The first kappa shape index (κ1) is 12.4. The highest BCUT2D eigenvalue weighted by Crippen LogP contribution is 2.26. The number of nitrogens with two attached hydrogens (primary N) is 2. The normalized spacial score (nSPS) is 9.53. The van der Waals surface area contributed by atoms with Crippen LogP contribution in [-0.4, -0.2) is 8.75 Å². The molecule has 0 aliphatic heterocycles. The van der Waals surface area contributed by atoms with Gasteiger partial charge in [-0.3, -0.25) is 0 Å². The molecule has 0 saturated heterocycles. The van der Waals surface area contributed by atoms with E-state index >= 15 is 0 Å². The van der Waals surface area contributed by atoms with Crippen LogP contribution >= 0.6 is 39.0 Å². The molecule has 0 amide bonds. The van der Waals surface area contributed by atoms with Crippen molar-refractivity contribution in [1.29, 1.82) is 0 Å². The third-order valence-electron chi connectivity index (χ3n) is 1.46. The number of hydrogen-bond donors (Lipinski definition) is 2. The van der Waals surface area contributed by atoms with Crippen LogP contribution in [0.5, 0.6) is 0 Å². The van der Waals surface area contributed by atoms with Gasteiger partial charge in [0.25, 0.3) is 0 Å². The van der Waals surface area contributed by atoms with Gasteiger partial charge in [-0.05, 0) is 58.9 Å². The maximum Gasteiger partial charge on any atom is 0.121 e. The molecule has 0 spiro atoms. The van der Waals surface area contributed by atoms with Gasteiger partial charge in [0.05, 0.1) is 15.9 Å². The monoisotopic (exact) mass is 306 g/mol. The number of rotatable bonds is 0. The lowest BCUT2D eigenvalue weighted by Gasteiger charge is -1.81. The fourth-order valence-electron chi connectivity index (χ4n) is 0.759. The summed E-state index contributed by atoms with van der Waals surface area (Å²) in [4.78, 5) is 0.